The van der Waals surface area contributed by atoms with Gasteiger partial charge in [-0.2, -0.15) is 0 Å². The molecule has 0 fully saturated rings. The maximum atomic E-state index is 12.4. The summed E-state index contributed by atoms with van der Waals surface area (Å²) in [6.07, 6.45) is 0. The first-order chi connectivity index (χ1) is 11.4. The molecule has 0 spiro atoms. The summed E-state index contributed by atoms with van der Waals surface area (Å²) in [5.41, 5.74) is 7.33. The van der Waals surface area contributed by atoms with Gasteiger partial charge >= 0.3 is 6.03 Å². The average molecular weight is 345 g/mol. The number of primary amides is 1. The second-order valence-corrected chi connectivity index (χ2v) is 6.99. The fourth-order valence-electron chi connectivity index (χ4n) is 2.39. The van der Waals surface area contributed by atoms with Crippen LogP contribution >= 0.6 is 11.3 Å². The molecule has 0 bridgehead atoms. The van der Waals surface area contributed by atoms with Crippen molar-refractivity contribution >= 4 is 23.3 Å². The van der Waals surface area contributed by atoms with Gasteiger partial charge in [-0.05, 0) is 35.4 Å². The second kappa shape index (κ2) is 7.97. The minimum Gasteiger partial charge on any atom is -0.352 e. The number of rotatable bonds is 6. The van der Waals surface area contributed by atoms with E-state index in [2.05, 4.69) is 36.6 Å². The summed E-state index contributed by atoms with van der Waals surface area (Å²) >= 11 is 1.58. The van der Waals surface area contributed by atoms with Crippen LogP contribution in [-0.2, 0) is 4.79 Å². The lowest BCUT2D eigenvalue weighted by Crippen LogP contribution is -2.47. The van der Waals surface area contributed by atoms with Crippen molar-refractivity contribution in [3.8, 4) is 0 Å². The molecule has 0 saturated heterocycles. The first-order valence-corrected chi connectivity index (χ1v) is 8.76. The Balaban J connectivity index is 2.23. The van der Waals surface area contributed by atoms with Crippen LogP contribution in [0.5, 0.6) is 0 Å². The zero-order chi connectivity index (χ0) is 17.7. The van der Waals surface area contributed by atoms with Gasteiger partial charge in [0.2, 0.25) is 5.91 Å². The maximum absolute atomic E-state index is 12.4. The van der Waals surface area contributed by atoms with Gasteiger partial charge < -0.3 is 16.4 Å². The zero-order valence-electron chi connectivity index (χ0n) is 14.1. The van der Waals surface area contributed by atoms with Crippen LogP contribution in [0.3, 0.4) is 0 Å². The molecule has 1 aromatic heterocycles. The van der Waals surface area contributed by atoms with Crippen molar-refractivity contribution in [3.63, 3.8) is 0 Å². The summed E-state index contributed by atoms with van der Waals surface area (Å²) in [4.78, 5) is 24.3. The molecule has 0 aliphatic heterocycles. The van der Waals surface area contributed by atoms with E-state index >= 15 is 0 Å². The number of hydrogen-bond acceptors (Lipinski definition) is 3. The van der Waals surface area contributed by atoms with E-state index in [0.717, 1.165) is 10.4 Å². The summed E-state index contributed by atoms with van der Waals surface area (Å²) in [5.74, 6) is 0.175. The Kier molecular flexibility index (Phi) is 5.98. The molecule has 4 N–H and O–H groups in total. The smallest absolute Gasteiger partial charge is 0.312 e. The van der Waals surface area contributed by atoms with E-state index in [1.165, 1.54) is 5.56 Å². The number of benzene rings is 1. The highest BCUT2D eigenvalue weighted by atomic mass is 32.1. The van der Waals surface area contributed by atoms with Crippen LogP contribution in [-0.4, -0.2) is 18.0 Å². The lowest BCUT2D eigenvalue weighted by Gasteiger charge is -2.21. The molecule has 0 aliphatic carbocycles. The number of carbonyl (C=O) groups excluding carboxylic acids is 2. The third-order valence-electron chi connectivity index (χ3n) is 3.80. The molecule has 0 saturated carbocycles. The van der Waals surface area contributed by atoms with Gasteiger partial charge in [0.05, 0.1) is 6.04 Å². The van der Waals surface area contributed by atoms with Crippen molar-refractivity contribution in [2.45, 2.75) is 38.8 Å². The third kappa shape index (κ3) is 4.58. The van der Waals surface area contributed by atoms with Crippen LogP contribution in [0, 0.1) is 0 Å². The Hall–Kier alpha value is -2.34. The number of urea groups is 1. The Bertz CT molecular complexity index is 681. The molecular weight excluding hydrogens is 322 g/mol. The maximum Gasteiger partial charge on any atom is 0.312 e. The van der Waals surface area contributed by atoms with Gasteiger partial charge in [0.15, 0.2) is 0 Å². The predicted octanol–water partition coefficient (Wildman–Crippen LogP) is 3.13. The summed E-state index contributed by atoms with van der Waals surface area (Å²) in [5, 5.41) is 7.36. The Morgan fingerprint density at radius 1 is 1.00 bits per heavy atom. The van der Waals surface area contributed by atoms with Gasteiger partial charge in [-0.3, -0.25) is 4.79 Å². The normalized spacial score (nSPS) is 13.3. The topological polar surface area (TPSA) is 84.2 Å². The monoisotopic (exact) mass is 345 g/mol. The number of hydrogen-bond donors (Lipinski definition) is 3. The molecule has 2 aromatic rings. The molecular formula is C18H23N3O2S. The number of thiophene rings is 1. The van der Waals surface area contributed by atoms with Crippen LogP contribution in [0.1, 0.15) is 48.7 Å². The highest BCUT2D eigenvalue weighted by Gasteiger charge is 2.22. The highest BCUT2D eigenvalue weighted by Crippen LogP contribution is 2.27. The number of nitrogens with two attached hydrogens (primary N) is 1. The average Bonchev–Trinajstić information content (AvgIpc) is 3.06. The van der Waals surface area contributed by atoms with Gasteiger partial charge in [0.1, 0.15) is 6.04 Å². The molecule has 2 atom stereocenters. The van der Waals surface area contributed by atoms with Crippen LogP contribution in [0.15, 0.2) is 41.8 Å². The molecule has 0 unspecified atom stereocenters. The predicted molar refractivity (Wildman–Crippen MR) is 97.0 cm³/mol. The molecule has 5 nitrogen and oxygen atoms in total. The van der Waals surface area contributed by atoms with E-state index in [0.29, 0.717) is 5.92 Å². The standard InChI is InChI=1S/C18H23N3O2S/c1-11(2)13-6-8-14(9-7-13)16(15-5-4-10-24-15)21-17(22)12(3)20-18(19)23/h4-12,16H,1-3H3,(H,21,22)(H3,19,20,23)/t12-,16+/m0/s1. The van der Waals surface area contributed by atoms with Crippen LogP contribution in [0.2, 0.25) is 0 Å². The third-order valence-corrected chi connectivity index (χ3v) is 4.74. The van der Waals surface area contributed by atoms with Crippen LogP contribution in [0.25, 0.3) is 0 Å². The minimum absolute atomic E-state index is 0.254. The number of amides is 3. The van der Waals surface area contributed by atoms with Crippen molar-refractivity contribution in [3.05, 3.63) is 57.8 Å². The van der Waals surface area contributed by atoms with E-state index in [-0.39, 0.29) is 11.9 Å². The van der Waals surface area contributed by atoms with Crippen molar-refractivity contribution < 1.29 is 9.59 Å². The van der Waals surface area contributed by atoms with E-state index in [4.69, 9.17) is 5.73 Å². The van der Waals surface area contributed by atoms with Crippen LogP contribution < -0.4 is 16.4 Å². The summed E-state index contributed by atoms with van der Waals surface area (Å²) in [6.45, 7) is 5.89. The quantitative estimate of drug-likeness (QED) is 0.751. The Morgan fingerprint density at radius 2 is 1.62 bits per heavy atom. The second-order valence-electron chi connectivity index (χ2n) is 6.01. The van der Waals surface area contributed by atoms with Gasteiger partial charge in [-0.15, -0.1) is 11.3 Å². The SMILES string of the molecule is CC(C)c1ccc([C@@H](NC(=O)[C@H](C)NC(N)=O)c2cccs2)cc1. The molecule has 128 valence electrons. The lowest BCUT2D eigenvalue weighted by molar-refractivity contribution is -0.123. The minimum atomic E-state index is -0.716. The van der Waals surface area contributed by atoms with Crippen molar-refractivity contribution in [2.75, 3.05) is 0 Å². The number of carbonyl (C=O) groups is 2. The van der Waals surface area contributed by atoms with E-state index < -0.39 is 12.1 Å². The number of nitrogens with one attached hydrogen (secondary N) is 2. The molecule has 1 heterocycles. The largest absolute Gasteiger partial charge is 0.352 e. The molecule has 0 aliphatic rings. The van der Waals surface area contributed by atoms with Crippen molar-refractivity contribution in [1.82, 2.24) is 10.6 Å². The summed E-state index contributed by atoms with van der Waals surface area (Å²) in [6, 6.07) is 10.5. The Morgan fingerprint density at radius 3 is 2.12 bits per heavy atom. The van der Waals surface area contributed by atoms with Gasteiger partial charge in [-0.1, -0.05) is 44.2 Å². The molecule has 24 heavy (non-hydrogen) atoms. The molecule has 3 amide bonds. The van der Waals surface area contributed by atoms with Gasteiger partial charge in [0, 0.05) is 4.88 Å². The van der Waals surface area contributed by atoms with Gasteiger partial charge in [0.25, 0.3) is 0 Å². The fourth-order valence-corrected chi connectivity index (χ4v) is 3.20. The van der Waals surface area contributed by atoms with Crippen molar-refractivity contribution in [2.24, 2.45) is 5.73 Å². The Labute approximate surface area is 146 Å². The van der Waals surface area contributed by atoms with Gasteiger partial charge in [-0.25, -0.2) is 4.79 Å². The first kappa shape index (κ1) is 18.0. The summed E-state index contributed by atoms with van der Waals surface area (Å²) < 4.78 is 0. The van der Waals surface area contributed by atoms with Crippen LogP contribution in [0.4, 0.5) is 4.79 Å². The van der Waals surface area contributed by atoms with E-state index in [1.807, 2.05) is 29.6 Å². The van der Waals surface area contributed by atoms with E-state index in [1.54, 1.807) is 18.3 Å². The fraction of sp³-hybridized carbons (Fsp3) is 0.333. The highest BCUT2D eigenvalue weighted by molar-refractivity contribution is 7.10. The lowest BCUT2D eigenvalue weighted by atomic mass is 9.98. The molecule has 1 aromatic carbocycles. The summed E-state index contributed by atoms with van der Waals surface area (Å²) in [7, 11) is 0. The first-order valence-electron chi connectivity index (χ1n) is 7.88. The molecule has 6 heteroatoms. The zero-order valence-corrected chi connectivity index (χ0v) is 14.9. The molecule has 2 rings (SSSR count). The molecule has 0 radical (unpaired) electrons. The van der Waals surface area contributed by atoms with E-state index in [9.17, 15) is 9.59 Å². The van der Waals surface area contributed by atoms with Crippen molar-refractivity contribution in [1.29, 1.82) is 0 Å².